The standard InChI is InChI=1S/C8H3F13O/c1-22-3(2(9)4(10,11)7(16,17)18)5(12,13)6(14,15)8(19,20)21/h1H3/b3-2-. The lowest BCUT2D eigenvalue weighted by Crippen LogP contribution is -2.54. The summed E-state index contributed by atoms with van der Waals surface area (Å²) in [6, 6.07) is 0. The molecular weight excluding hydrogens is 359 g/mol. The summed E-state index contributed by atoms with van der Waals surface area (Å²) in [6.45, 7) is 0. The number of allylic oxidation sites excluding steroid dienone is 2. The predicted molar refractivity (Wildman–Crippen MR) is 42.1 cm³/mol. The summed E-state index contributed by atoms with van der Waals surface area (Å²) in [5.74, 6) is -28.9. The molecule has 0 fully saturated rings. The second kappa shape index (κ2) is 5.37. The summed E-state index contributed by atoms with van der Waals surface area (Å²) in [5, 5.41) is 0. The van der Waals surface area contributed by atoms with Gasteiger partial charge in [-0.3, -0.25) is 0 Å². The van der Waals surface area contributed by atoms with Gasteiger partial charge in [-0.05, 0) is 0 Å². The molecule has 0 N–H and O–H groups in total. The smallest absolute Gasteiger partial charge is 0.460 e. The third-order valence-electron chi connectivity index (χ3n) is 2.07. The molecule has 0 aliphatic rings. The normalized spacial score (nSPS) is 16.5. The molecule has 0 amide bonds. The van der Waals surface area contributed by atoms with E-state index in [4.69, 9.17) is 0 Å². The van der Waals surface area contributed by atoms with Gasteiger partial charge in [0.25, 0.3) is 0 Å². The largest absolute Gasteiger partial charge is 0.492 e. The van der Waals surface area contributed by atoms with Crippen LogP contribution in [-0.4, -0.2) is 37.2 Å². The van der Waals surface area contributed by atoms with Gasteiger partial charge in [-0.15, -0.1) is 0 Å². The maximum absolute atomic E-state index is 12.9. The molecule has 132 valence electrons. The molecule has 0 spiro atoms. The Morgan fingerprint density at radius 1 is 0.636 bits per heavy atom. The van der Waals surface area contributed by atoms with E-state index in [-0.39, 0.29) is 7.11 Å². The fourth-order valence-electron chi connectivity index (χ4n) is 0.943. The van der Waals surface area contributed by atoms with Gasteiger partial charge in [-0.25, -0.2) is 4.39 Å². The highest BCUT2D eigenvalue weighted by molar-refractivity contribution is 5.22. The summed E-state index contributed by atoms with van der Waals surface area (Å²) in [6.07, 6.45) is -14.0. The summed E-state index contributed by atoms with van der Waals surface area (Å²) >= 11 is 0. The van der Waals surface area contributed by atoms with Gasteiger partial charge in [0, 0.05) is 0 Å². The van der Waals surface area contributed by atoms with E-state index < -0.39 is 41.7 Å². The van der Waals surface area contributed by atoms with Gasteiger partial charge in [0.05, 0.1) is 7.11 Å². The van der Waals surface area contributed by atoms with Crippen LogP contribution in [0, 0.1) is 0 Å². The van der Waals surface area contributed by atoms with Gasteiger partial charge in [0.15, 0.2) is 0 Å². The van der Waals surface area contributed by atoms with Gasteiger partial charge in [-0.1, -0.05) is 0 Å². The quantitative estimate of drug-likeness (QED) is 0.514. The van der Waals surface area contributed by atoms with Crippen LogP contribution in [-0.2, 0) is 4.74 Å². The summed E-state index contributed by atoms with van der Waals surface area (Å²) < 4.78 is 162. The topological polar surface area (TPSA) is 9.23 Å². The maximum Gasteiger partial charge on any atom is 0.460 e. The summed E-state index contributed by atoms with van der Waals surface area (Å²) in [4.78, 5) is 0. The van der Waals surface area contributed by atoms with E-state index >= 15 is 0 Å². The molecule has 0 aromatic carbocycles. The highest BCUT2D eigenvalue weighted by atomic mass is 19.4. The number of alkyl halides is 12. The lowest BCUT2D eigenvalue weighted by molar-refractivity contribution is -0.351. The van der Waals surface area contributed by atoms with E-state index in [0.717, 1.165) is 0 Å². The lowest BCUT2D eigenvalue weighted by atomic mass is 10.1. The van der Waals surface area contributed by atoms with Crippen LogP contribution in [0.4, 0.5) is 57.1 Å². The predicted octanol–water partition coefficient (Wildman–Crippen LogP) is 4.84. The van der Waals surface area contributed by atoms with Crippen molar-refractivity contribution in [3.05, 3.63) is 11.6 Å². The lowest BCUT2D eigenvalue weighted by Gasteiger charge is -2.30. The molecule has 0 rings (SSSR count). The zero-order valence-corrected chi connectivity index (χ0v) is 9.82. The van der Waals surface area contributed by atoms with Crippen molar-refractivity contribution < 1.29 is 61.8 Å². The Balaban J connectivity index is 6.35. The van der Waals surface area contributed by atoms with Crippen LogP contribution in [0.1, 0.15) is 0 Å². The molecule has 0 heterocycles. The minimum atomic E-state index is -7.18. The van der Waals surface area contributed by atoms with E-state index in [9.17, 15) is 57.1 Å². The Morgan fingerprint density at radius 2 is 1.00 bits per heavy atom. The van der Waals surface area contributed by atoms with Gasteiger partial charge in [0.2, 0.25) is 11.6 Å². The minimum Gasteiger partial charge on any atom is -0.492 e. The Kier molecular flexibility index (Phi) is 5.03. The zero-order valence-electron chi connectivity index (χ0n) is 9.82. The van der Waals surface area contributed by atoms with Crippen molar-refractivity contribution in [1.29, 1.82) is 0 Å². The second-order valence-corrected chi connectivity index (χ2v) is 3.57. The van der Waals surface area contributed by atoms with Gasteiger partial charge >= 0.3 is 30.1 Å². The first kappa shape index (κ1) is 20.6. The first-order valence-electron chi connectivity index (χ1n) is 4.57. The van der Waals surface area contributed by atoms with Crippen molar-refractivity contribution in [2.24, 2.45) is 0 Å². The van der Waals surface area contributed by atoms with Gasteiger partial charge in [-0.2, -0.15) is 52.7 Å². The third-order valence-corrected chi connectivity index (χ3v) is 2.07. The first-order chi connectivity index (χ1) is 9.35. The molecule has 0 bridgehead atoms. The number of rotatable bonds is 4. The minimum absolute atomic E-state index is 0.290. The number of halogens is 13. The van der Waals surface area contributed by atoms with Crippen molar-refractivity contribution >= 4 is 0 Å². The van der Waals surface area contributed by atoms with Crippen LogP contribution >= 0.6 is 0 Å². The fourth-order valence-corrected chi connectivity index (χ4v) is 0.943. The van der Waals surface area contributed by atoms with Crippen molar-refractivity contribution in [3.63, 3.8) is 0 Å². The fraction of sp³-hybridized carbons (Fsp3) is 0.750. The van der Waals surface area contributed by atoms with Crippen LogP contribution in [0.3, 0.4) is 0 Å². The van der Waals surface area contributed by atoms with E-state index in [2.05, 4.69) is 4.74 Å². The monoisotopic (exact) mass is 362 g/mol. The molecule has 0 saturated heterocycles. The molecule has 0 saturated carbocycles. The molecule has 22 heavy (non-hydrogen) atoms. The molecule has 0 aliphatic carbocycles. The van der Waals surface area contributed by atoms with E-state index in [1.165, 1.54) is 0 Å². The van der Waals surface area contributed by atoms with Crippen LogP contribution in [0.15, 0.2) is 11.6 Å². The van der Waals surface area contributed by atoms with E-state index in [1.807, 2.05) is 0 Å². The average Bonchev–Trinajstić information content (AvgIpc) is 2.25. The Morgan fingerprint density at radius 3 is 1.23 bits per heavy atom. The molecule has 0 unspecified atom stereocenters. The number of methoxy groups -OCH3 is 1. The van der Waals surface area contributed by atoms with E-state index in [1.54, 1.807) is 0 Å². The SMILES string of the molecule is CO/C(=C(\F)C(F)(F)C(F)(F)F)C(F)(F)C(F)(F)C(F)(F)F. The Hall–Kier alpha value is -1.37. The highest BCUT2D eigenvalue weighted by Gasteiger charge is 2.77. The maximum atomic E-state index is 12.9. The van der Waals surface area contributed by atoms with Gasteiger partial charge < -0.3 is 4.74 Å². The molecule has 14 heteroatoms. The van der Waals surface area contributed by atoms with Gasteiger partial charge in [0.1, 0.15) is 0 Å². The van der Waals surface area contributed by atoms with E-state index in [0.29, 0.717) is 0 Å². The number of ether oxygens (including phenoxy) is 1. The van der Waals surface area contributed by atoms with Crippen molar-refractivity contribution in [3.8, 4) is 0 Å². The Labute approximate surface area is 112 Å². The zero-order chi connectivity index (χ0) is 18.4. The highest BCUT2D eigenvalue weighted by Crippen LogP contribution is 2.53. The van der Waals surface area contributed by atoms with Crippen LogP contribution in [0.2, 0.25) is 0 Å². The van der Waals surface area contributed by atoms with Crippen molar-refractivity contribution in [2.75, 3.05) is 7.11 Å². The van der Waals surface area contributed by atoms with Crippen molar-refractivity contribution in [2.45, 2.75) is 30.1 Å². The Bertz CT molecular complexity index is 440. The second-order valence-electron chi connectivity index (χ2n) is 3.57. The molecule has 1 nitrogen and oxygen atoms in total. The molecular formula is C8H3F13O. The molecule has 0 aromatic heterocycles. The van der Waals surface area contributed by atoms with Crippen molar-refractivity contribution in [1.82, 2.24) is 0 Å². The van der Waals surface area contributed by atoms with Crippen LogP contribution < -0.4 is 0 Å². The molecule has 0 atom stereocenters. The first-order valence-corrected chi connectivity index (χ1v) is 4.57. The summed E-state index contributed by atoms with van der Waals surface area (Å²) in [7, 11) is -0.290. The number of hydrogen-bond acceptors (Lipinski definition) is 1. The van der Waals surface area contributed by atoms with Crippen LogP contribution in [0.5, 0.6) is 0 Å². The summed E-state index contributed by atoms with van der Waals surface area (Å²) in [5.41, 5.74) is 0. The van der Waals surface area contributed by atoms with Crippen LogP contribution in [0.25, 0.3) is 0 Å². The molecule has 0 radical (unpaired) electrons. The molecule has 0 aromatic rings. The average molecular weight is 362 g/mol. The third kappa shape index (κ3) is 3.04. The molecule has 0 aliphatic heterocycles. The number of hydrogen-bond donors (Lipinski definition) is 0.